The fourth-order valence-electron chi connectivity index (χ4n) is 2.34. The molecule has 0 saturated carbocycles. The molecule has 2 N–H and O–H groups in total. The van der Waals surface area contributed by atoms with E-state index in [1.54, 1.807) is 18.2 Å². The van der Waals surface area contributed by atoms with Gasteiger partial charge < -0.3 is 5.11 Å². The van der Waals surface area contributed by atoms with Crippen LogP contribution in [0.25, 0.3) is 6.08 Å². The summed E-state index contributed by atoms with van der Waals surface area (Å²) in [5.41, 5.74) is 4.60. The van der Waals surface area contributed by atoms with Crippen LogP contribution in [0.5, 0.6) is 0 Å². The number of benzene rings is 1. The van der Waals surface area contributed by atoms with E-state index in [0.29, 0.717) is 13.0 Å². The van der Waals surface area contributed by atoms with E-state index in [9.17, 15) is 14.4 Å². The molecule has 1 aromatic carbocycles. The van der Waals surface area contributed by atoms with Gasteiger partial charge in [-0.1, -0.05) is 12.1 Å². The zero-order valence-electron chi connectivity index (χ0n) is 12.6. The molecule has 0 atom stereocenters. The first kappa shape index (κ1) is 15.9. The van der Waals surface area contributed by atoms with Gasteiger partial charge in [-0.2, -0.15) is 11.3 Å². The second-order valence-electron chi connectivity index (χ2n) is 5.26. The van der Waals surface area contributed by atoms with Gasteiger partial charge in [-0.05, 0) is 52.6 Å². The summed E-state index contributed by atoms with van der Waals surface area (Å²) in [7, 11) is 0. The van der Waals surface area contributed by atoms with E-state index in [2.05, 4.69) is 5.43 Å². The predicted octanol–water partition coefficient (Wildman–Crippen LogP) is 1.95. The number of carbonyl (C=O) groups excluding carboxylic acids is 2. The largest absolute Gasteiger partial charge is 0.478 e. The third-order valence-electron chi connectivity index (χ3n) is 3.64. The van der Waals surface area contributed by atoms with Gasteiger partial charge in [-0.15, -0.1) is 0 Å². The van der Waals surface area contributed by atoms with Crippen molar-refractivity contribution < 1.29 is 19.5 Å². The summed E-state index contributed by atoms with van der Waals surface area (Å²) in [5.74, 6) is -1.74. The molecule has 0 aliphatic carbocycles. The quantitative estimate of drug-likeness (QED) is 0.642. The summed E-state index contributed by atoms with van der Waals surface area (Å²) in [6.07, 6.45) is 2.09. The maximum Gasteiger partial charge on any atom is 0.335 e. The van der Waals surface area contributed by atoms with Crippen molar-refractivity contribution in [1.82, 2.24) is 10.4 Å². The molecule has 0 bridgehead atoms. The molecule has 0 radical (unpaired) electrons. The number of carbonyl (C=O) groups is 3. The van der Waals surface area contributed by atoms with Crippen LogP contribution in [0.3, 0.4) is 0 Å². The summed E-state index contributed by atoms with van der Waals surface area (Å²) in [4.78, 5) is 35.1. The van der Waals surface area contributed by atoms with Crippen LogP contribution in [0.2, 0.25) is 0 Å². The number of carboxylic acid groups (broad SMARTS) is 1. The number of thiophene rings is 1. The number of aromatic carboxylic acids is 1. The second kappa shape index (κ2) is 6.67. The Kier molecular flexibility index (Phi) is 4.43. The molecular formula is C17H14N2O4S. The standard InChI is InChI=1S/C17H14N2O4S/c20-15-14(9-12-6-8-24-10-12)16(21)19(18-15)7-5-11-1-3-13(4-2-11)17(22)23/h1-4,6,8-10H,5,7H2,(H,18,20)(H,22,23). The van der Waals surface area contributed by atoms with Gasteiger partial charge in [-0.3, -0.25) is 15.0 Å². The minimum atomic E-state index is -0.980. The first-order valence-electron chi connectivity index (χ1n) is 7.23. The number of hydrogen-bond donors (Lipinski definition) is 2. The molecule has 24 heavy (non-hydrogen) atoms. The fourth-order valence-corrected chi connectivity index (χ4v) is 2.96. The van der Waals surface area contributed by atoms with Crippen LogP contribution in [-0.4, -0.2) is 34.4 Å². The molecule has 122 valence electrons. The maximum atomic E-state index is 12.3. The highest BCUT2D eigenvalue weighted by Crippen LogP contribution is 2.17. The van der Waals surface area contributed by atoms with Crippen molar-refractivity contribution in [3.8, 4) is 0 Å². The van der Waals surface area contributed by atoms with E-state index in [0.717, 1.165) is 11.1 Å². The number of nitrogens with one attached hydrogen (secondary N) is 1. The van der Waals surface area contributed by atoms with Crippen molar-refractivity contribution in [3.63, 3.8) is 0 Å². The van der Waals surface area contributed by atoms with E-state index < -0.39 is 11.9 Å². The van der Waals surface area contributed by atoms with Crippen LogP contribution in [-0.2, 0) is 16.0 Å². The Morgan fingerprint density at radius 3 is 2.58 bits per heavy atom. The molecule has 2 amide bonds. The topological polar surface area (TPSA) is 86.7 Å². The highest BCUT2D eigenvalue weighted by Gasteiger charge is 2.32. The predicted molar refractivity (Wildman–Crippen MR) is 89.3 cm³/mol. The van der Waals surface area contributed by atoms with Crippen molar-refractivity contribution in [2.45, 2.75) is 6.42 Å². The fraction of sp³-hybridized carbons (Fsp3) is 0.118. The summed E-state index contributed by atoms with van der Waals surface area (Å²) in [6, 6.07) is 8.28. The Morgan fingerprint density at radius 2 is 1.96 bits per heavy atom. The van der Waals surface area contributed by atoms with E-state index in [4.69, 9.17) is 5.11 Å². The lowest BCUT2D eigenvalue weighted by molar-refractivity contribution is -0.128. The van der Waals surface area contributed by atoms with Crippen LogP contribution >= 0.6 is 11.3 Å². The van der Waals surface area contributed by atoms with Gasteiger partial charge in [0.2, 0.25) is 0 Å². The summed E-state index contributed by atoms with van der Waals surface area (Å²) in [6.45, 7) is 0.317. The lowest BCUT2D eigenvalue weighted by Crippen LogP contribution is -2.37. The minimum Gasteiger partial charge on any atom is -0.478 e. The summed E-state index contributed by atoms with van der Waals surface area (Å²) in [5, 5.41) is 13.9. The Morgan fingerprint density at radius 1 is 1.21 bits per heavy atom. The molecule has 7 heteroatoms. The van der Waals surface area contributed by atoms with Gasteiger partial charge in [0, 0.05) is 6.54 Å². The third kappa shape index (κ3) is 3.36. The van der Waals surface area contributed by atoms with Gasteiger partial charge in [-0.25, -0.2) is 9.80 Å². The number of rotatable bonds is 5. The number of hydrazine groups is 1. The minimum absolute atomic E-state index is 0.120. The molecule has 0 unspecified atom stereocenters. The average molecular weight is 342 g/mol. The Bertz CT molecular complexity index is 810. The number of carboxylic acids is 1. The van der Waals surface area contributed by atoms with Crippen LogP contribution in [0.4, 0.5) is 0 Å². The third-order valence-corrected chi connectivity index (χ3v) is 4.34. The number of nitrogens with zero attached hydrogens (tertiary/aromatic N) is 1. The van der Waals surface area contributed by atoms with E-state index >= 15 is 0 Å². The highest BCUT2D eigenvalue weighted by atomic mass is 32.1. The second-order valence-corrected chi connectivity index (χ2v) is 6.04. The Labute approximate surface area is 142 Å². The molecule has 1 aliphatic heterocycles. The van der Waals surface area contributed by atoms with Crippen LogP contribution in [0.15, 0.2) is 46.7 Å². The SMILES string of the molecule is O=C1NN(CCc2ccc(C(=O)O)cc2)C(=O)C1=Cc1ccsc1. The average Bonchev–Trinajstić information content (AvgIpc) is 3.17. The molecule has 3 rings (SSSR count). The van der Waals surface area contributed by atoms with Crippen LogP contribution < -0.4 is 5.43 Å². The van der Waals surface area contributed by atoms with Gasteiger partial charge in [0.1, 0.15) is 5.57 Å². The van der Waals surface area contributed by atoms with Gasteiger partial charge >= 0.3 is 5.97 Å². The molecule has 1 fully saturated rings. The lowest BCUT2D eigenvalue weighted by atomic mass is 10.1. The smallest absolute Gasteiger partial charge is 0.335 e. The maximum absolute atomic E-state index is 12.3. The van der Waals surface area contributed by atoms with Crippen molar-refractivity contribution >= 4 is 35.2 Å². The van der Waals surface area contributed by atoms with E-state index in [1.165, 1.54) is 28.5 Å². The van der Waals surface area contributed by atoms with E-state index in [1.807, 2.05) is 16.8 Å². The van der Waals surface area contributed by atoms with Crippen molar-refractivity contribution in [2.75, 3.05) is 6.54 Å². The Hall–Kier alpha value is -2.93. The first-order chi connectivity index (χ1) is 11.5. The molecule has 6 nitrogen and oxygen atoms in total. The van der Waals surface area contributed by atoms with Gasteiger partial charge in [0.05, 0.1) is 5.56 Å². The Balaban J connectivity index is 1.65. The van der Waals surface area contributed by atoms with Crippen molar-refractivity contribution in [3.05, 3.63) is 63.4 Å². The summed E-state index contributed by atoms with van der Waals surface area (Å²) >= 11 is 1.49. The van der Waals surface area contributed by atoms with Gasteiger partial charge in [0.25, 0.3) is 11.8 Å². The normalized spacial score (nSPS) is 15.8. The lowest BCUT2D eigenvalue weighted by Gasteiger charge is -2.14. The van der Waals surface area contributed by atoms with Crippen molar-refractivity contribution in [1.29, 1.82) is 0 Å². The molecule has 2 aromatic rings. The zero-order chi connectivity index (χ0) is 17.1. The molecule has 1 aliphatic rings. The molecular weight excluding hydrogens is 328 g/mol. The number of amides is 2. The highest BCUT2D eigenvalue weighted by molar-refractivity contribution is 7.08. The molecule has 1 aromatic heterocycles. The van der Waals surface area contributed by atoms with Gasteiger partial charge in [0.15, 0.2) is 0 Å². The zero-order valence-corrected chi connectivity index (χ0v) is 13.4. The monoisotopic (exact) mass is 342 g/mol. The first-order valence-corrected chi connectivity index (χ1v) is 8.18. The molecule has 2 heterocycles. The summed E-state index contributed by atoms with van der Waals surface area (Å²) < 4.78 is 0. The molecule has 1 saturated heterocycles. The van der Waals surface area contributed by atoms with E-state index in [-0.39, 0.29) is 17.0 Å². The number of hydrogen-bond acceptors (Lipinski definition) is 4. The van der Waals surface area contributed by atoms with Crippen molar-refractivity contribution in [2.24, 2.45) is 0 Å². The molecule has 0 spiro atoms. The van der Waals surface area contributed by atoms with Crippen LogP contribution in [0.1, 0.15) is 21.5 Å². The van der Waals surface area contributed by atoms with Crippen LogP contribution in [0, 0.1) is 0 Å².